The lowest BCUT2D eigenvalue weighted by Crippen LogP contribution is -2.27. The summed E-state index contributed by atoms with van der Waals surface area (Å²) in [6, 6.07) is 11.8. The van der Waals surface area contributed by atoms with E-state index in [0.29, 0.717) is 29.5 Å². The lowest BCUT2D eigenvalue weighted by Gasteiger charge is -2.11. The average Bonchev–Trinajstić information content (AvgIpc) is 3.32. The van der Waals surface area contributed by atoms with Gasteiger partial charge in [-0.15, -0.1) is 0 Å². The van der Waals surface area contributed by atoms with Crippen LogP contribution in [-0.2, 0) is 6.42 Å². The van der Waals surface area contributed by atoms with E-state index >= 15 is 0 Å². The molecule has 0 saturated carbocycles. The Morgan fingerprint density at radius 1 is 1.21 bits per heavy atom. The second-order valence-electron chi connectivity index (χ2n) is 6.15. The van der Waals surface area contributed by atoms with Crippen LogP contribution in [-0.4, -0.2) is 37.6 Å². The van der Waals surface area contributed by atoms with E-state index in [-0.39, 0.29) is 11.7 Å². The summed E-state index contributed by atoms with van der Waals surface area (Å²) in [5.74, 6) is -0.561. The van der Waals surface area contributed by atoms with E-state index in [2.05, 4.69) is 15.3 Å². The quantitative estimate of drug-likeness (QED) is 0.509. The molecule has 1 N–H and O–H groups in total. The molecule has 3 heterocycles. The number of halogens is 1. The van der Waals surface area contributed by atoms with Gasteiger partial charge in [-0.3, -0.25) is 9.36 Å². The van der Waals surface area contributed by atoms with Gasteiger partial charge in [0, 0.05) is 31.0 Å². The zero-order chi connectivity index (χ0) is 19.5. The molecule has 0 aliphatic heterocycles. The summed E-state index contributed by atoms with van der Waals surface area (Å²) in [6.45, 7) is 0.450. The van der Waals surface area contributed by atoms with Crippen LogP contribution in [0.1, 0.15) is 16.2 Å². The Hall–Kier alpha value is -3.13. The fourth-order valence-electron chi connectivity index (χ4n) is 2.98. The van der Waals surface area contributed by atoms with E-state index in [9.17, 15) is 9.18 Å². The highest BCUT2D eigenvalue weighted by molar-refractivity contribution is 7.98. The van der Waals surface area contributed by atoms with Crippen molar-refractivity contribution in [2.45, 2.75) is 11.6 Å². The molecule has 0 fully saturated rings. The zero-order valence-corrected chi connectivity index (χ0v) is 16.0. The van der Waals surface area contributed by atoms with E-state index < -0.39 is 0 Å². The first kappa shape index (κ1) is 18.2. The van der Waals surface area contributed by atoms with Gasteiger partial charge in [-0.1, -0.05) is 17.8 Å². The van der Waals surface area contributed by atoms with Crippen LogP contribution in [0, 0.1) is 5.82 Å². The second kappa shape index (κ2) is 7.85. The molecule has 0 radical (unpaired) electrons. The van der Waals surface area contributed by atoms with Crippen LogP contribution in [0.25, 0.3) is 11.3 Å². The van der Waals surface area contributed by atoms with Gasteiger partial charge in [0.1, 0.15) is 17.2 Å². The molecule has 3 aromatic heterocycles. The Balaban J connectivity index is 1.48. The number of benzene rings is 1. The maximum Gasteiger partial charge on any atom is 0.269 e. The van der Waals surface area contributed by atoms with Crippen LogP contribution in [0.3, 0.4) is 0 Å². The number of imidazole rings is 2. The van der Waals surface area contributed by atoms with Gasteiger partial charge in [0.05, 0.1) is 11.9 Å². The van der Waals surface area contributed by atoms with Gasteiger partial charge >= 0.3 is 0 Å². The van der Waals surface area contributed by atoms with Crippen molar-refractivity contribution in [3.63, 3.8) is 0 Å². The molecule has 0 bridgehead atoms. The molecular weight excluding hydrogens is 377 g/mol. The van der Waals surface area contributed by atoms with Crippen molar-refractivity contribution >= 4 is 23.3 Å². The van der Waals surface area contributed by atoms with Gasteiger partial charge < -0.3 is 9.72 Å². The summed E-state index contributed by atoms with van der Waals surface area (Å²) >= 11 is 1.42. The zero-order valence-electron chi connectivity index (χ0n) is 15.2. The van der Waals surface area contributed by atoms with Crippen molar-refractivity contribution in [2.24, 2.45) is 0 Å². The highest BCUT2D eigenvalue weighted by Crippen LogP contribution is 2.22. The Morgan fingerprint density at radius 2 is 2.04 bits per heavy atom. The number of hydrogen-bond acceptors (Lipinski definition) is 4. The summed E-state index contributed by atoms with van der Waals surface area (Å²) in [6.07, 6.45) is 7.93. The van der Waals surface area contributed by atoms with Crippen LogP contribution in [0.5, 0.6) is 0 Å². The molecule has 0 atom stereocenters. The second-order valence-corrected chi connectivity index (χ2v) is 6.92. The molecule has 0 saturated heterocycles. The average molecular weight is 395 g/mol. The number of nitrogens with zero attached hydrogens (tertiary/aromatic N) is 4. The number of thioether (sulfide) groups is 1. The van der Waals surface area contributed by atoms with Crippen LogP contribution < -0.4 is 5.32 Å². The van der Waals surface area contributed by atoms with Crippen LogP contribution in [0.4, 0.5) is 4.39 Å². The molecule has 4 aromatic rings. The Morgan fingerprint density at radius 3 is 2.79 bits per heavy atom. The highest BCUT2D eigenvalue weighted by atomic mass is 32.2. The van der Waals surface area contributed by atoms with Crippen molar-refractivity contribution in [3.05, 3.63) is 78.3 Å². The number of pyridine rings is 1. The molecule has 0 aliphatic rings. The number of aromatic nitrogens is 4. The minimum atomic E-state index is -0.326. The maximum atomic E-state index is 13.3. The first-order valence-electron chi connectivity index (χ1n) is 8.74. The largest absolute Gasteiger partial charge is 0.350 e. The number of amides is 1. The molecule has 28 heavy (non-hydrogen) atoms. The third-order valence-corrected chi connectivity index (χ3v) is 4.96. The van der Waals surface area contributed by atoms with Gasteiger partial charge in [-0.05, 0) is 42.7 Å². The fraction of sp³-hybridized carbons (Fsp3) is 0.150. The lowest BCUT2D eigenvalue weighted by atomic mass is 10.3. The molecule has 0 aliphatic carbocycles. The normalized spacial score (nSPS) is 11.1. The predicted molar refractivity (Wildman–Crippen MR) is 107 cm³/mol. The molecule has 6 nitrogen and oxygen atoms in total. The standard InChI is InChI=1S/C20H18FN5OS/c1-28-20-23-12-17(26(20)16-7-5-14(21)6-8-16)19(27)22-10-9-15-13-25-11-3-2-4-18(25)24-15/h2-8,11-13H,9-10H2,1H3,(H,22,27). The number of fused-ring (bicyclic) bond motifs is 1. The summed E-state index contributed by atoms with van der Waals surface area (Å²) in [5, 5.41) is 3.58. The van der Waals surface area contributed by atoms with Crippen LogP contribution in [0.2, 0.25) is 0 Å². The minimum absolute atomic E-state index is 0.235. The Bertz CT molecular complexity index is 1090. The molecule has 1 amide bonds. The molecular formula is C20H18FN5OS. The van der Waals surface area contributed by atoms with Crippen LogP contribution in [0.15, 0.2) is 66.2 Å². The van der Waals surface area contributed by atoms with Gasteiger partial charge in [0.2, 0.25) is 0 Å². The van der Waals surface area contributed by atoms with E-state index in [1.807, 2.05) is 41.2 Å². The monoisotopic (exact) mass is 395 g/mol. The highest BCUT2D eigenvalue weighted by Gasteiger charge is 2.17. The Labute approximate surface area is 165 Å². The summed E-state index contributed by atoms with van der Waals surface area (Å²) in [7, 11) is 0. The van der Waals surface area contributed by atoms with E-state index in [0.717, 1.165) is 11.3 Å². The summed E-state index contributed by atoms with van der Waals surface area (Å²) in [5.41, 5.74) is 2.88. The van der Waals surface area contributed by atoms with Gasteiger partial charge in [0.25, 0.3) is 5.91 Å². The molecule has 0 unspecified atom stereocenters. The first-order chi connectivity index (χ1) is 13.7. The SMILES string of the molecule is CSc1ncc(C(=O)NCCc2cn3ccccc3n2)n1-c1ccc(F)cc1. The smallest absolute Gasteiger partial charge is 0.269 e. The van der Waals surface area contributed by atoms with Crippen molar-refractivity contribution in [1.29, 1.82) is 0 Å². The molecule has 142 valence electrons. The van der Waals surface area contributed by atoms with E-state index in [4.69, 9.17) is 0 Å². The van der Waals surface area contributed by atoms with Crippen molar-refractivity contribution in [2.75, 3.05) is 12.8 Å². The summed E-state index contributed by atoms with van der Waals surface area (Å²) < 4.78 is 16.9. The Kier molecular flexibility index (Phi) is 5.12. The minimum Gasteiger partial charge on any atom is -0.350 e. The number of carbonyl (C=O) groups excluding carboxylic acids is 1. The fourth-order valence-corrected chi connectivity index (χ4v) is 3.53. The van der Waals surface area contributed by atoms with E-state index in [1.165, 1.54) is 30.1 Å². The third kappa shape index (κ3) is 3.63. The van der Waals surface area contributed by atoms with Crippen molar-refractivity contribution in [1.82, 2.24) is 24.3 Å². The third-order valence-electron chi connectivity index (χ3n) is 4.31. The maximum absolute atomic E-state index is 13.3. The summed E-state index contributed by atoms with van der Waals surface area (Å²) in [4.78, 5) is 21.6. The number of rotatable bonds is 6. The number of hydrogen-bond donors (Lipinski definition) is 1. The molecule has 4 rings (SSSR count). The van der Waals surface area contributed by atoms with Crippen molar-refractivity contribution in [3.8, 4) is 5.69 Å². The van der Waals surface area contributed by atoms with Crippen LogP contribution >= 0.6 is 11.8 Å². The van der Waals surface area contributed by atoms with Gasteiger partial charge in [-0.25, -0.2) is 14.4 Å². The molecule has 0 spiro atoms. The topological polar surface area (TPSA) is 64.2 Å². The van der Waals surface area contributed by atoms with Gasteiger partial charge in [0.15, 0.2) is 5.16 Å². The first-order valence-corrected chi connectivity index (χ1v) is 9.96. The number of carbonyl (C=O) groups is 1. The van der Waals surface area contributed by atoms with E-state index in [1.54, 1.807) is 16.7 Å². The van der Waals surface area contributed by atoms with Gasteiger partial charge in [-0.2, -0.15) is 0 Å². The molecule has 8 heteroatoms. The van der Waals surface area contributed by atoms with Crippen molar-refractivity contribution < 1.29 is 9.18 Å². The predicted octanol–water partition coefficient (Wildman–Crippen LogP) is 3.35. The lowest BCUT2D eigenvalue weighted by molar-refractivity contribution is 0.0946. The molecule has 1 aromatic carbocycles. The number of nitrogens with one attached hydrogen (secondary N) is 1.